The lowest BCUT2D eigenvalue weighted by Crippen LogP contribution is -2.38. The molecule has 5 rings (SSSR count). The molecule has 1 aliphatic carbocycles. The molecule has 2 aromatic heterocycles. The lowest BCUT2D eigenvalue weighted by molar-refractivity contribution is -0.148. The van der Waals surface area contributed by atoms with Crippen molar-refractivity contribution >= 4 is 41.6 Å². The molecule has 4 aromatic rings. The maximum Gasteiger partial charge on any atom is 0.474 e. The van der Waals surface area contributed by atoms with Crippen LogP contribution in [-0.4, -0.2) is 64.5 Å². The minimum Gasteiger partial charge on any atom is -0.481 e. The van der Waals surface area contributed by atoms with Gasteiger partial charge in [0, 0.05) is 16.3 Å². The molecule has 1 saturated carbocycles. The molecular weight excluding hydrogens is 656 g/mol. The first-order valence-corrected chi connectivity index (χ1v) is 17.9. The van der Waals surface area contributed by atoms with E-state index in [9.17, 15) is 23.7 Å². The number of rotatable bonds is 15. The SMILES string of the molecule is CC(C)COP(=O)(OCCOC(=O)n1ncc2cc3c(-c4ccc(F)cc4)c(C(C)C)nc(OC4CC(C(=O)O)C4)c3cc21)OCC(C)C. The highest BCUT2D eigenvalue weighted by atomic mass is 31.2. The summed E-state index contributed by atoms with van der Waals surface area (Å²) in [5.74, 6) is -1.26. The zero-order valence-corrected chi connectivity index (χ0v) is 29.4. The van der Waals surface area contributed by atoms with Gasteiger partial charge >= 0.3 is 19.9 Å². The topological polar surface area (TPSA) is 148 Å². The van der Waals surface area contributed by atoms with E-state index in [-0.39, 0.29) is 56.1 Å². The number of hydrogen-bond donors (Lipinski definition) is 1. The van der Waals surface area contributed by atoms with Gasteiger partial charge in [-0.1, -0.05) is 53.7 Å². The number of aliphatic carboxylic acids is 1. The number of carboxylic acid groups (broad SMARTS) is 1. The Kier molecular flexibility index (Phi) is 11.4. The summed E-state index contributed by atoms with van der Waals surface area (Å²) in [6.07, 6.45) is 1.09. The van der Waals surface area contributed by atoms with Crippen LogP contribution in [0.1, 0.15) is 66.0 Å². The fraction of sp³-hybridized carbons (Fsp3) is 0.486. The number of fused-ring (bicyclic) bond motifs is 2. The van der Waals surface area contributed by atoms with E-state index in [1.165, 1.54) is 18.3 Å². The van der Waals surface area contributed by atoms with Crippen LogP contribution < -0.4 is 4.74 Å². The highest BCUT2D eigenvalue weighted by Gasteiger charge is 2.37. The van der Waals surface area contributed by atoms with Gasteiger partial charge in [-0.25, -0.2) is 18.7 Å². The summed E-state index contributed by atoms with van der Waals surface area (Å²) in [5, 5.41) is 15.6. The third-order valence-electron chi connectivity index (χ3n) is 7.95. The second kappa shape index (κ2) is 15.3. The molecule has 264 valence electrons. The van der Waals surface area contributed by atoms with E-state index in [2.05, 4.69) is 5.10 Å². The zero-order chi connectivity index (χ0) is 35.5. The molecule has 0 bridgehead atoms. The summed E-state index contributed by atoms with van der Waals surface area (Å²) in [6.45, 7) is 11.5. The maximum atomic E-state index is 13.9. The second-order valence-corrected chi connectivity index (χ2v) is 15.0. The van der Waals surface area contributed by atoms with E-state index < -0.39 is 25.8 Å². The van der Waals surface area contributed by atoms with Crippen LogP contribution in [0.3, 0.4) is 0 Å². The Hall–Kier alpha value is -3.90. The molecule has 0 spiro atoms. The van der Waals surface area contributed by atoms with Crippen molar-refractivity contribution in [1.82, 2.24) is 14.8 Å². The number of benzene rings is 2. The van der Waals surface area contributed by atoms with Gasteiger partial charge < -0.3 is 14.6 Å². The van der Waals surface area contributed by atoms with Gasteiger partial charge in [0.1, 0.15) is 18.5 Å². The van der Waals surface area contributed by atoms with Gasteiger partial charge in [-0.3, -0.25) is 18.4 Å². The van der Waals surface area contributed by atoms with Gasteiger partial charge in [-0.2, -0.15) is 9.78 Å². The minimum atomic E-state index is -3.87. The van der Waals surface area contributed by atoms with Gasteiger partial charge in [0.15, 0.2) is 0 Å². The molecule has 1 fully saturated rings. The van der Waals surface area contributed by atoms with Crippen LogP contribution >= 0.6 is 7.82 Å². The van der Waals surface area contributed by atoms with Crippen molar-refractivity contribution in [2.75, 3.05) is 26.4 Å². The number of aromatic nitrogens is 3. The Labute approximate surface area is 284 Å². The predicted molar refractivity (Wildman–Crippen MR) is 181 cm³/mol. The molecule has 0 saturated heterocycles. The Morgan fingerprint density at radius 3 is 2.20 bits per heavy atom. The van der Waals surface area contributed by atoms with Crippen molar-refractivity contribution in [1.29, 1.82) is 0 Å². The average molecular weight is 700 g/mol. The second-order valence-electron chi connectivity index (χ2n) is 13.4. The number of ether oxygens (including phenoxy) is 2. The number of pyridine rings is 1. The number of carboxylic acids is 1. The van der Waals surface area contributed by atoms with Gasteiger partial charge in [0.2, 0.25) is 5.88 Å². The number of carbonyl (C=O) groups is 2. The van der Waals surface area contributed by atoms with E-state index in [1.807, 2.05) is 47.6 Å². The molecule has 49 heavy (non-hydrogen) atoms. The highest BCUT2D eigenvalue weighted by molar-refractivity contribution is 7.48. The van der Waals surface area contributed by atoms with E-state index in [0.717, 1.165) is 26.9 Å². The summed E-state index contributed by atoms with van der Waals surface area (Å²) in [6, 6.07) is 9.76. The fourth-order valence-corrected chi connectivity index (χ4v) is 6.83. The number of nitrogens with zero attached hydrogens (tertiary/aromatic N) is 3. The first-order chi connectivity index (χ1) is 23.2. The van der Waals surface area contributed by atoms with Crippen molar-refractivity contribution in [2.24, 2.45) is 17.8 Å². The Morgan fingerprint density at radius 1 is 0.959 bits per heavy atom. The molecule has 0 atom stereocenters. The predicted octanol–water partition coefficient (Wildman–Crippen LogP) is 8.21. The molecule has 0 amide bonds. The summed E-state index contributed by atoms with van der Waals surface area (Å²) in [5.41, 5.74) is 2.67. The third kappa shape index (κ3) is 8.64. The highest BCUT2D eigenvalue weighted by Crippen LogP contribution is 2.50. The first kappa shape index (κ1) is 36.4. The normalized spacial score (nSPS) is 16.5. The van der Waals surface area contributed by atoms with Crippen molar-refractivity contribution in [3.63, 3.8) is 0 Å². The van der Waals surface area contributed by atoms with Gasteiger partial charge in [-0.05, 0) is 65.8 Å². The lowest BCUT2D eigenvalue weighted by Gasteiger charge is -2.32. The van der Waals surface area contributed by atoms with Crippen molar-refractivity contribution in [2.45, 2.75) is 66.4 Å². The summed E-state index contributed by atoms with van der Waals surface area (Å²) in [4.78, 5) is 29.6. The smallest absolute Gasteiger partial charge is 0.474 e. The summed E-state index contributed by atoms with van der Waals surface area (Å²) < 4.78 is 56.2. The number of carbonyl (C=O) groups excluding carboxylic acids is 1. The summed E-state index contributed by atoms with van der Waals surface area (Å²) >= 11 is 0. The van der Waals surface area contributed by atoms with Crippen molar-refractivity contribution < 1.29 is 46.7 Å². The van der Waals surface area contributed by atoms with Crippen LogP contribution in [0.4, 0.5) is 9.18 Å². The molecule has 0 unspecified atom stereocenters. The van der Waals surface area contributed by atoms with Crippen LogP contribution in [0.25, 0.3) is 32.8 Å². The minimum absolute atomic E-state index is 0.0440. The molecular formula is C35H43FN3O9P. The van der Waals surface area contributed by atoms with Crippen LogP contribution in [-0.2, 0) is 27.7 Å². The number of halogens is 1. The van der Waals surface area contributed by atoms with E-state index in [4.69, 9.17) is 28.0 Å². The summed E-state index contributed by atoms with van der Waals surface area (Å²) in [7, 11) is -3.87. The number of phosphoric ester groups is 1. The third-order valence-corrected chi connectivity index (χ3v) is 9.38. The number of hydrogen-bond acceptors (Lipinski definition) is 10. The van der Waals surface area contributed by atoms with Crippen molar-refractivity contribution in [3.05, 3.63) is 54.1 Å². The van der Waals surface area contributed by atoms with Gasteiger partial charge in [0.05, 0.1) is 43.1 Å². The first-order valence-electron chi connectivity index (χ1n) is 16.5. The number of phosphoric acid groups is 1. The zero-order valence-electron chi connectivity index (χ0n) is 28.6. The standard InChI is InChI=1S/C35H43FN3O9P/c1-20(2)18-46-49(43,47-19-21(3)4)45-12-11-44-35(42)39-30-16-29-28(15-25(30)17-37-39)31(23-7-9-26(36)10-8-23)32(22(5)6)38-33(29)48-27-13-24(14-27)34(40)41/h7-10,15-17,20-22,24,27H,11-14,18-19H2,1-6H3,(H,40,41). The van der Waals surface area contributed by atoms with Crippen LogP contribution in [0.5, 0.6) is 5.88 Å². The molecule has 14 heteroatoms. The Bertz CT molecular complexity index is 1840. The molecule has 12 nitrogen and oxygen atoms in total. The molecule has 0 aliphatic heterocycles. The Morgan fingerprint density at radius 2 is 1.61 bits per heavy atom. The molecule has 2 aromatic carbocycles. The van der Waals surface area contributed by atoms with E-state index in [0.29, 0.717) is 35.0 Å². The molecule has 0 radical (unpaired) electrons. The quantitative estimate of drug-likeness (QED) is 0.0945. The van der Waals surface area contributed by atoms with Crippen LogP contribution in [0, 0.1) is 23.6 Å². The van der Waals surface area contributed by atoms with E-state index >= 15 is 0 Å². The Balaban J connectivity index is 1.45. The lowest BCUT2D eigenvalue weighted by atomic mass is 9.82. The molecule has 1 aliphatic rings. The van der Waals surface area contributed by atoms with E-state index in [1.54, 1.807) is 18.2 Å². The molecule has 1 N–H and O–H groups in total. The average Bonchev–Trinajstić information content (AvgIpc) is 3.44. The van der Waals surface area contributed by atoms with Gasteiger partial charge in [-0.15, -0.1) is 0 Å². The van der Waals surface area contributed by atoms with Gasteiger partial charge in [0.25, 0.3) is 0 Å². The van der Waals surface area contributed by atoms with Crippen LogP contribution in [0.2, 0.25) is 0 Å². The fourth-order valence-electron chi connectivity index (χ4n) is 5.35. The maximum absolute atomic E-state index is 13.9. The van der Waals surface area contributed by atoms with Crippen molar-refractivity contribution in [3.8, 4) is 17.0 Å². The largest absolute Gasteiger partial charge is 0.481 e. The monoisotopic (exact) mass is 699 g/mol. The molecule has 2 heterocycles. The van der Waals surface area contributed by atoms with Crippen LogP contribution in [0.15, 0.2) is 42.6 Å².